The Morgan fingerprint density at radius 3 is 2.30 bits per heavy atom. The Morgan fingerprint density at radius 2 is 1.70 bits per heavy atom. The number of ether oxygens (including phenoxy) is 1. The van der Waals surface area contributed by atoms with Crippen LogP contribution in [0.4, 0.5) is 22.0 Å². The van der Waals surface area contributed by atoms with Crippen LogP contribution in [-0.4, -0.2) is 24.1 Å². The molecule has 0 aliphatic heterocycles. The summed E-state index contributed by atoms with van der Waals surface area (Å²) in [5.74, 6) is -3.92. The number of halogens is 5. The molecule has 0 atom stereocenters. The van der Waals surface area contributed by atoms with E-state index in [0.717, 1.165) is 24.3 Å². The zero-order chi connectivity index (χ0) is 24.3. The smallest absolute Gasteiger partial charge is 0.416 e. The normalized spacial score (nSPS) is 11.2. The van der Waals surface area contributed by atoms with E-state index in [0.29, 0.717) is 22.9 Å². The van der Waals surface area contributed by atoms with Crippen molar-refractivity contribution >= 4 is 11.9 Å². The Morgan fingerprint density at radius 1 is 0.970 bits per heavy atom. The third-order valence-corrected chi connectivity index (χ3v) is 4.79. The molecule has 0 unspecified atom stereocenters. The molecule has 0 heterocycles. The minimum absolute atomic E-state index is 0.00101. The summed E-state index contributed by atoms with van der Waals surface area (Å²) in [6.07, 6.45) is -4.75. The maximum Gasteiger partial charge on any atom is 0.416 e. The van der Waals surface area contributed by atoms with Crippen molar-refractivity contribution in [3.05, 3.63) is 88.5 Å². The number of benzene rings is 3. The molecule has 1 amide bonds. The molecular formula is C23H16F5NO4. The first kappa shape index (κ1) is 23.7. The molecule has 0 aromatic heterocycles. The van der Waals surface area contributed by atoms with E-state index in [4.69, 9.17) is 9.84 Å². The fourth-order valence-corrected chi connectivity index (χ4v) is 3.11. The average molecular weight is 465 g/mol. The lowest BCUT2D eigenvalue weighted by Crippen LogP contribution is -2.24. The lowest BCUT2D eigenvalue weighted by molar-refractivity contribution is -0.137. The van der Waals surface area contributed by atoms with Gasteiger partial charge in [-0.3, -0.25) is 4.79 Å². The van der Waals surface area contributed by atoms with Crippen LogP contribution >= 0.6 is 0 Å². The van der Waals surface area contributed by atoms with E-state index in [1.165, 1.54) is 25.3 Å². The van der Waals surface area contributed by atoms with E-state index in [-0.39, 0.29) is 23.7 Å². The SMILES string of the molecule is COc1ccc(-c2cc(C(=O)O)ccc2F)cc1CNC(=O)c1ccc(C(F)(F)F)cc1F. The number of nitrogens with one attached hydrogen (secondary N) is 1. The quantitative estimate of drug-likeness (QED) is 0.486. The van der Waals surface area contributed by atoms with Crippen LogP contribution in [0.15, 0.2) is 54.6 Å². The van der Waals surface area contributed by atoms with Crippen molar-refractivity contribution in [2.45, 2.75) is 12.7 Å². The number of amides is 1. The van der Waals surface area contributed by atoms with Crippen LogP contribution in [-0.2, 0) is 12.7 Å². The van der Waals surface area contributed by atoms with Gasteiger partial charge in [-0.15, -0.1) is 0 Å². The molecule has 0 saturated carbocycles. The van der Waals surface area contributed by atoms with E-state index < -0.39 is 40.8 Å². The summed E-state index contributed by atoms with van der Waals surface area (Å²) in [6, 6.07) is 9.25. The Labute approximate surface area is 184 Å². The number of hydrogen-bond acceptors (Lipinski definition) is 3. The lowest BCUT2D eigenvalue weighted by atomic mass is 9.99. The third-order valence-electron chi connectivity index (χ3n) is 4.79. The Balaban J connectivity index is 1.87. The standard InChI is InChI=1S/C23H16F5NO4/c1-33-20-7-3-12(17-9-13(22(31)32)2-6-18(17)24)8-14(20)11-29-21(30)16-5-4-15(10-19(16)25)23(26,27)28/h2-10H,11H2,1H3,(H,29,30)(H,31,32). The maximum atomic E-state index is 14.3. The average Bonchev–Trinajstić information content (AvgIpc) is 2.76. The van der Waals surface area contributed by atoms with Crippen molar-refractivity contribution in [3.8, 4) is 16.9 Å². The number of hydrogen-bond donors (Lipinski definition) is 2. The van der Waals surface area contributed by atoms with Crippen LogP contribution in [0, 0.1) is 11.6 Å². The molecule has 33 heavy (non-hydrogen) atoms. The number of alkyl halides is 3. The van der Waals surface area contributed by atoms with Crippen molar-refractivity contribution in [1.82, 2.24) is 5.32 Å². The van der Waals surface area contributed by atoms with Gasteiger partial charge in [0.05, 0.1) is 23.8 Å². The fourth-order valence-electron chi connectivity index (χ4n) is 3.11. The second-order valence-electron chi connectivity index (χ2n) is 6.90. The fraction of sp³-hybridized carbons (Fsp3) is 0.130. The van der Waals surface area contributed by atoms with Crippen LogP contribution in [0.1, 0.15) is 31.8 Å². The highest BCUT2D eigenvalue weighted by Crippen LogP contribution is 2.31. The van der Waals surface area contributed by atoms with E-state index >= 15 is 0 Å². The van der Waals surface area contributed by atoms with Gasteiger partial charge in [0.1, 0.15) is 17.4 Å². The molecule has 5 nitrogen and oxygen atoms in total. The summed E-state index contributed by atoms with van der Waals surface area (Å²) < 4.78 is 71.6. The molecule has 0 aliphatic rings. The molecule has 2 N–H and O–H groups in total. The number of methoxy groups -OCH3 is 1. The summed E-state index contributed by atoms with van der Waals surface area (Å²) in [5.41, 5.74) is -1.30. The molecule has 3 aromatic carbocycles. The van der Waals surface area contributed by atoms with Crippen molar-refractivity contribution in [3.63, 3.8) is 0 Å². The summed E-state index contributed by atoms with van der Waals surface area (Å²) in [7, 11) is 1.35. The minimum Gasteiger partial charge on any atom is -0.496 e. The number of carbonyl (C=O) groups excluding carboxylic acids is 1. The number of carboxylic acid groups (broad SMARTS) is 1. The molecule has 0 radical (unpaired) electrons. The van der Waals surface area contributed by atoms with Crippen molar-refractivity contribution in [1.29, 1.82) is 0 Å². The number of aromatic carboxylic acids is 1. The number of rotatable bonds is 6. The summed E-state index contributed by atoms with van der Waals surface area (Å²) in [4.78, 5) is 23.5. The van der Waals surface area contributed by atoms with Crippen molar-refractivity contribution in [2.24, 2.45) is 0 Å². The molecule has 172 valence electrons. The topological polar surface area (TPSA) is 75.6 Å². The molecule has 0 aliphatic carbocycles. The first-order valence-corrected chi connectivity index (χ1v) is 9.36. The molecule has 0 bridgehead atoms. The van der Waals surface area contributed by atoms with Gasteiger partial charge in [-0.2, -0.15) is 13.2 Å². The monoisotopic (exact) mass is 465 g/mol. The van der Waals surface area contributed by atoms with Gasteiger partial charge in [0.2, 0.25) is 0 Å². The Bertz CT molecular complexity index is 1220. The van der Waals surface area contributed by atoms with Gasteiger partial charge in [-0.25, -0.2) is 13.6 Å². The van der Waals surface area contributed by atoms with E-state index in [1.807, 2.05) is 0 Å². The third kappa shape index (κ3) is 5.28. The van der Waals surface area contributed by atoms with E-state index in [1.54, 1.807) is 0 Å². The van der Waals surface area contributed by atoms with Crippen LogP contribution in [0.25, 0.3) is 11.1 Å². The first-order chi connectivity index (χ1) is 15.5. The molecule has 10 heteroatoms. The molecule has 3 aromatic rings. The molecule has 0 spiro atoms. The molecule has 3 rings (SSSR count). The zero-order valence-electron chi connectivity index (χ0n) is 17.0. The Kier molecular flexibility index (Phi) is 6.66. The predicted octanol–water partition coefficient (Wildman–Crippen LogP) is 5.29. The first-order valence-electron chi connectivity index (χ1n) is 9.36. The summed E-state index contributed by atoms with van der Waals surface area (Å²) >= 11 is 0. The molecule has 0 saturated heterocycles. The predicted molar refractivity (Wildman–Crippen MR) is 108 cm³/mol. The van der Waals surface area contributed by atoms with Crippen molar-refractivity contribution < 1.29 is 41.4 Å². The van der Waals surface area contributed by atoms with Gasteiger partial charge in [0.15, 0.2) is 0 Å². The number of carboxylic acids is 1. The van der Waals surface area contributed by atoms with Crippen LogP contribution < -0.4 is 10.1 Å². The van der Waals surface area contributed by atoms with Gasteiger partial charge in [-0.05, 0) is 54.1 Å². The highest BCUT2D eigenvalue weighted by molar-refractivity contribution is 5.94. The summed E-state index contributed by atoms with van der Waals surface area (Å²) in [5, 5.41) is 11.5. The summed E-state index contributed by atoms with van der Waals surface area (Å²) in [6.45, 7) is -0.226. The van der Waals surface area contributed by atoms with E-state index in [9.17, 15) is 31.5 Å². The van der Waals surface area contributed by atoms with Crippen LogP contribution in [0.3, 0.4) is 0 Å². The maximum absolute atomic E-state index is 14.3. The number of carbonyl (C=O) groups is 2. The van der Waals surface area contributed by atoms with Crippen molar-refractivity contribution in [2.75, 3.05) is 7.11 Å². The largest absolute Gasteiger partial charge is 0.496 e. The molecular weight excluding hydrogens is 449 g/mol. The van der Waals surface area contributed by atoms with Gasteiger partial charge < -0.3 is 15.2 Å². The van der Waals surface area contributed by atoms with Crippen LogP contribution in [0.2, 0.25) is 0 Å². The second kappa shape index (κ2) is 9.27. The lowest BCUT2D eigenvalue weighted by Gasteiger charge is -2.14. The molecule has 0 fully saturated rings. The Hall–Kier alpha value is -3.95. The second-order valence-corrected chi connectivity index (χ2v) is 6.90. The highest BCUT2D eigenvalue weighted by atomic mass is 19.4. The van der Waals surface area contributed by atoms with Crippen LogP contribution in [0.5, 0.6) is 5.75 Å². The zero-order valence-corrected chi connectivity index (χ0v) is 17.0. The van der Waals surface area contributed by atoms with Gasteiger partial charge in [0, 0.05) is 17.7 Å². The van der Waals surface area contributed by atoms with Gasteiger partial charge in [-0.1, -0.05) is 6.07 Å². The minimum atomic E-state index is -4.75. The van der Waals surface area contributed by atoms with Gasteiger partial charge in [0.25, 0.3) is 5.91 Å². The van der Waals surface area contributed by atoms with Gasteiger partial charge >= 0.3 is 12.1 Å². The van der Waals surface area contributed by atoms with E-state index in [2.05, 4.69) is 5.32 Å². The highest BCUT2D eigenvalue weighted by Gasteiger charge is 2.31.